The molecule has 0 spiro atoms. The quantitative estimate of drug-likeness (QED) is 0.889. The van der Waals surface area contributed by atoms with Gasteiger partial charge in [-0.15, -0.1) is 0 Å². The highest BCUT2D eigenvalue weighted by molar-refractivity contribution is 7.89. The maximum atomic E-state index is 13.4. The van der Waals surface area contributed by atoms with Gasteiger partial charge < -0.3 is 5.11 Å². The summed E-state index contributed by atoms with van der Waals surface area (Å²) in [4.78, 5) is -0.0540. The largest absolute Gasteiger partial charge is 0.393 e. The molecule has 0 unspecified atom stereocenters. The minimum atomic E-state index is -3.69. The minimum Gasteiger partial charge on any atom is -0.393 e. The minimum absolute atomic E-state index is 0.0540. The molecule has 1 aliphatic carbocycles. The average molecular weight is 287 g/mol. The van der Waals surface area contributed by atoms with Crippen LogP contribution in [-0.4, -0.2) is 25.7 Å². The van der Waals surface area contributed by atoms with E-state index in [0.29, 0.717) is 31.2 Å². The topological polar surface area (TPSA) is 66.4 Å². The predicted molar refractivity (Wildman–Crippen MR) is 69.7 cm³/mol. The number of hydrogen-bond acceptors (Lipinski definition) is 3. The summed E-state index contributed by atoms with van der Waals surface area (Å²) in [7, 11) is -3.69. The molecule has 0 radical (unpaired) electrons. The highest BCUT2D eigenvalue weighted by Gasteiger charge is 2.25. The number of nitrogens with one attached hydrogen (secondary N) is 1. The van der Waals surface area contributed by atoms with E-state index in [1.165, 1.54) is 12.1 Å². The van der Waals surface area contributed by atoms with Gasteiger partial charge in [0.25, 0.3) is 0 Å². The van der Waals surface area contributed by atoms with Gasteiger partial charge in [-0.2, -0.15) is 0 Å². The summed E-state index contributed by atoms with van der Waals surface area (Å²) in [6.45, 7) is 1.59. The van der Waals surface area contributed by atoms with Crippen LogP contribution in [0.3, 0.4) is 0 Å². The smallest absolute Gasteiger partial charge is 0.240 e. The Labute approximate surface area is 112 Å². The lowest BCUT2D eigenvalue weighted by Gasteiger charge is -2.26. The first kappa shape index (κ1) is 14.4. The Morgan fingerprint density at radius 2 is 1.89 bits per heavy atom. The van der Waals surface area contributed by atoms with Gasteiger partial charge >= 0.3 is 0 Å². The molecule has 0 atom stereocenters. The van der Waals surface area contributed by atoms with Crippen LogP contribution in [0.5, 0.6) is 0 Å². The van der Waals surface area contributed by atoms with E-state index in [-0.39, 0.29) is 17.0 Å². The zero-order chi connectivity index (χ0) is 14.0. The number of hydrogen-bond donors (Lipinski definition) is 2. The van der Waals surface area contributed by atoms with E-state index in [0.717, 1.165) is 6.07 Å². The van der Waals surface area contributed by atoms with Gasteiger partial charge in [0.1, 0.15) is 5.82 Å². The van der Waals surface area contributed by atoms with E-state index in [2.05, 4.69) is 4.72 Å². The Morgan fingerprint density at radius 1 is 1.26 bits per heavy atom. The Bertz CT molecular complexity index is 551. The van der Waals surface area contributed by atoms with E-state index in [1.807, 2.05) is 0 Å². The summed E-state index contributed by atoms with van der Waals surface area (Å²) >= 11 is 0. The fourth-order valence-electron chi connectivity index (χ4n) is 2.22. The zero-order valence-electron chi connectivity index (χ0n) is 10.8. The first-order valence-corrected chi connectivity index (χ1v) is 7.83. The second-order valence-corrected chi connectivity index (χ2v) is 6.75. The van der Waals surface area contributed by atoms with E-state index in [9.17, 15) is 17.9 Å². The average Bonchev–Trinajstić information content (AvgIpc) is 2.35. The van der Waals surface area contributed by atoms with Crippen LogP contribution in [0.1, 0.15) is 31.2 Å². The Hall–Kier alpha value is -0.980. The van der Waals surface area contributed by atoms with Crippen LogP contribution in [0.15, 0.2) is 23.1 Å². The third kappa shape index (κ3) is 3.52. The number of rotatable bonds is 3. The van der Waals surface area contributed by atoms with E-state index in [1.54, 1.807) is 6.92 Å². The number of aliphatic hydroxyl groups excluding tert-OH is 1. The summed E-state index contributed by atoms with van der Waals surface area (Å²) in [5, 5.41) is 9.38. The summed E-state index contributed by atoms with van der Waals surface area (Å²) in [5.74, 6) is -0.526. The van der Waals surface area contributed by atoms with Crippen LogP contribution >= 0.6 is 0 Å². The van der Waals surface area contributed by atoms with Gasteiger partial charge in [0.2, 0.25) is 10.0 Å². The van der Waals surface area contributed by atoms with Gasteiger partial charge in [-0.05, 0) is 50.3 Å². The van der Waals surface area contributed by atoms with Crippen molar-refractivity contribution < 1.29 is 17.9 Å². The van der Waals surface area contributed by atoms with Gasteiger partial charge in [0.05, 0.1) is 11.0 Å². The molecule has 1 aromatic rings. The normalized spacial score (nSPS) is 24.4. The molecule has 1 aromatic carbocycles. The molecule has 0 aliphatic heterocycles. The Kier molecular flexibility index (Phi) is 4.23. The summed E-state index contributed by atoms with van der Waals surface area (Å²) in [6, 6.07) is 3.71. The Balaban J connectivity index is 2.11. The van der Waals surface area contributed by atoms with Crippen molar-refractivity contribution >= 4 is 10.0 Å². The van der Waals surface area contributed by atoms with Crippen LogP contribution in [-0.2, 0) is 10.0 Å². The molecule has 0 heterocycles. The monoisotopic (exact) mass is 287 g/mol. The first-order valence-electron chi connectivity index (χ1n) is 6.35. The van der Waals surface area contributed by atoms with Crippen molar-refractivity contribution in [2.45, 2.75) is 49.6 Å². The van der Waals surface area contributed by atoms with Crippen LogP contribution in [0.4, 0.5) is 4.39 Å². The maximum absolute atomic E-state index is 13.4. The van der Waals surface area contributed by atoms with Crippen molar-refractivity contribution in [1.82, 2.24) is 4.72 Å². The fraction of sp³-hybridized carbons (Fsp3) is 0.538. The summed E-state index contributed by atoms with van der Waals surface area (Å²) in [6.07, 6.45) is 2.06. The lowest BCUT2D eigenvalue weighted by molar-refractivity contribution is 0.120. The maximum Gasteiger partial charge on any atom is 0.240 e. The molecule has 2 N–H and O–H groups in total. The van der Waals surface area contributed by atoms with Gasteiger partial charge in [0, 0.05) is 6.04 Å². The number of aliphatic hydroxyl groups is 1. The number of benzene rings is 1. The molecule has 1 saturated carbocycles. The van der Waals surface area contributed by atoms with Crippen LogP contribution in [0.25, 0.3) is 0 Å². The lowest BCUT2D eigenvalue weighted by atomic mass is 9.94. The number of sulfonamides is 1. The van der Waals surface area contributed by atoms with Gasteiger partial charge in [-0.25, -0.2) is 17.5 Å². The second kappa shape index (κ2) is 5.56. The molecule has 0 amide bonds. The van der Waals surface area contributed by atoms with E-state index >= 15 is 0 Å². The van der Waals surface area contributed by atoms with E-state index in [4.69, 9.17) is 0 Å². The molecule has 6 heteroatoms. The second-order valence-electron chi connectivity index (χ2n) is 5.04. The molecule has 19 heavy (non-hydrogen) atoms. The van der Waals surface area contributed by atoms with Crippen molar-refractivity contribution in [3.05, 3.63) is 29.6 Å². The standard InChI is InChI=1S/C13H18FNO3S/c1-9-2-7-12(8-13(9)14)19(17,18)15-10-3-5-11(16)6-4-10/h2,7-8,10-11,15-16H,3-6H2,1H3. The van der Waals surface area contributed by atoms with Crippen molar-refractivity contribution in [3.8, 4) is 0 Å². The third-order valence-corrected chi connectivity index (χ3v) is 4.99. The van der Waals surface area contributed by atoms with Gasteiger partial charge in [0.15, 0.2) is 0 Å². The summed E-state index contributed by atoms with van der Waals surface area (Å²) in [5.41, 5.74) is 0.416. The first-order chi connectivity index (χ1) is 8.88. The molecule has 4 nitrogen and oxygen atoms in total. The summed E-state index contributed by atoms with van der Waals surface area (Å²) < 4.78 is 40.2. The SMILES string of the molecule is Cc1ccc(S(=O)(=O)NC2CCC(O)CC2)cc1F. The van der Waals surface area contributed by atoms with Gasteiger partial charge in [-0.1, -0.05) is 6.07 Å². The molecule has 2 rings (SSSR count). The van der Waals surface area contributed by atoms with Crippen LogP contribution in [0.2, 0.25) is 0 Å². The molecule has 1 fully saturated rings. The molecule has 0 aromatic heterocycles. The molecular formula is C13H18FNO3S. The fourth-order valence-corrected chi connectivity index (χ4v) is 3.54. The lowest BCUT2D eigenvalue weighted by Crippen LogP contribution is -2.38. The van der Waals surface area contributed by atoms with E-state index < -0.39 is 15.8 Å². The van der Waals surface area contributed by atoms with Crippen molar-refractivity contribution in [3.63, 3.8) is 0 Å². The molecule has 0 bridgehead atoms. The van der Waals surface area contributed by atoms with Crippen LogP contribution in [0, 0.1) is 12.7 Å². The molecule has 0 saturated heterocycles. The third-order valence-electron chi connectivity index (χ3n) is 3.47. The zero-order valence-corrected chi connectivity index (χ0v) is 11.6. The molecular weight excluding hydrogens is 269 g/mol. The van der Waals surface area contributed by atoms with Crippen molar-refractivity contribution in [2.75, 3.05) is 0 Å². The highest BCUT2D eigenvalue weighted by atomic mass is 32.2. The molecule has 106 valence electrons. The van der Waals surface area contributed by atoms with Crippen LogP contribution < -0.4 is 4.72 Å². The van der Waals surface area contributed by atoms with Gasteiger partial charge in [-0.3, -0.25) is 0 Å². The number of halogens is 1. The van der Waals surface area contributed by atoms with Crippen molar-refractivity contribution in [2.24, 2.45) is 0 Å². The highest BCUT2D eigenvalue weighted by Crippen LogP contribution is 2.21. The predicted octanol–water partition coefficient (Wildman–Crippen LogP) is 1.72. The Morgan fingerprint density at radius 3 is 2.47 bits per heavy atom. The number of aryl methyl sites for hydroxylation is 1. The van der Waals surface area contributed by atoms with Crippen molar-refractivity contribution in [1.29, 1.82) is 0 Å². The molecule has 1 aliphatic rings.